The van der Waals surface area contributed by atoms with Crippen LogP contribution in [-0.2, 0) is 42.1 Å². The molecule has 1 saturated heterocycles. The fourth-order valence-electron chi connectivity index (χ4n) is 5.36. The van der Waals surface area contributed by atoms with Crippen LogP contribution >= 0.6 is 19.6 Å². The van der Waals surface area contributed by atoms with Crippen LogP contribution in [0, 0.1) is 34.6 Å². The number of halogens is 4. The summed E-state index contributed by atoms with van der Waals surface area (Å²) < 4.78 is 93.6. The second-order valence-corrected chi connectivity index (χ2v) is 14.5. The van der Waals surface area contributed by atoms with Gasteiger partial charge >= 0.3 is 13.8 Å². The van der Waals surface area contributed by atoms with Gasteiger partial charge < -0.3 is 24.0 Å². The Morgan fingerprint density at radius 3 is 2.49 bits per heavy atom. The van der Waals surface area contributed by atoms with E-state index in [1.165, 1.54) is 47.3 Å². The van der Waals surface area contributed by atoms with E-state index in [0.717, 1.165) is 36.4 Å². The lowest BCUT2D eigenvalue weighted by atomic mass is 9.89. The van der Waals surface area contributed by atoms with Crippen LogP contribution in [-0.4, -0.2) is 60.5 Å². The number of phosphoric ester groups is 1. The van der Waals surface area contributed by atoms with Crippen molar-refractivity contribution >= 4 is 31.6 Å². The molecule has 2 heterocycles. The maximum absolute atomic E-state index is 15.8. The molecule has 0 unspecified atom stereocenters. The molecular weight excluding hydrogens is 743 g/mol. The van der Waals surface area contributed by atoms with Gasteiger partial charge in [-0.15, -0.1) is 11.8 Å². The molecule has 5 rings (SSSR count). The van der Waals surface area contributed by atoms with E-state index in [2.05, 4.69) is 14.6 Å². The van der Waals surface area contributed by atoms with Crippen LogP contribution in [0.15, 0.2) is 85.5 Å². The van der Waals surface area contributed by atoms with E-state index in [-0.39, 0.29) is 42.0 Å². The molecule has 0 saturated carbocycles. The van der Waals surface area contributed by atoms with Crippen molar-refractivity contribution in [1.82, 2.24) is 14.8 Å². The van der Waals surface area contributed by atoms with Crippen LogP contribution in [0.5, 0.6) is 0 Å². The summed E-state index contributed by atoms with van der Waals surface area (Å²) in [6, 6.07) is 11.5. The van der Waals surface area contributed by atoms with Crippen molar-refractivity contribution in [2.75, 3.05) is 13.2 Å². The Morgan fingerprint density at radius 1 is 1.09 bits per heavy atom. The third-order valence-electron chi connectivity index (χ3n) is 7.94. The second kappa shape index (κ2) is 17.4. The summed E-state index contributed by atoms with van der Waals surface area (Å²) in [5.74, 6) is -4.61. The molecule has 53 heavy (non-hydrogen) atoms. The molecule has 0 bridgehead atoms. The summed E-state index contributed by atoms with van der Waals surface area (Å²) in [5, 5.41) is 11.7. The molecule has 4 aromatic rings. The summed E-state index contributed by atoms with van der Waals surface area (Å²) in [6.07, 6.45) is 8.00. The number of ether oxygens (including phenoxy) is 3. The van der Waals surface area contributed by atoms with Crippen molar-refractivity contribution in [3.63, 3.8) is 0 Å². The molecule has 1 fully saturated rings. The van der Waals surface area contributed by atoms with Crippen molar-refractivity contribution in [3.8, 4) is 6.07 Å². The highest BCUT2D eigenvalue weighted by atomic mass is 32.2. The minimum atomic E-state index is -5.01. The molecule has 2 N–H and O–H groups in total. The minimum Gasteiger partial charge on any atom is -0.447 e. The summed E-state index contributed by atoms with van der Waals surface area (Å²) in [6.45, 7) is 0.704. The molecule has 3 aromatic carbocycles. The molecule has 1 aromatic heterocycles. The SMILES string of the molecule is C[C@@H](S[C@H]1CO[C@H](C=CC=Cc2ccc(C#N)cc2F)OC1)[C@@](Cn1cncn1)(OC(=O)c1cc(F)ccc1COP(=O)(O)O)c1ccc(F)cc1F. The Kier molecular flexibility index (Phi) is 13.0. The number of carbonyl (C=O) groups is 1. The number of hydrogen-bond donors (Lipinski definition) is 2. The molecule has 12 nitrogen and oxygen atoms in total. The number of carbonyl (C=O) groups excluding carboxylic acids is 1. The summed E-state index contributed by atoms with van der Waals surface area (Å²) in [4.78, 5) is 36.3. The number of hydrogen-bond acceptors (Lipinski definition) is 10. The van der Waals surface area contributed by atoms with Crippen LogP contribution in [0.25, 0.3) is 6.08 Å². The maximum Gasteiger partial charge on any atom is 0.469 e. The third kappa shape index (κ3) is 10.5. The molecule has 278 valence electrons. The standard InChI is InChI=1S/C35H31F4N4O8PS/c1-22(53-28-17-48-33(49-18-28)5-3-2-4-24-7-6-23(15-40)12-31(24)38)35(19-43-21-41-20-42-43,30-11-10-27(37)14-32(30)39)51-34(44)29-13-26(36)9-8-25(29)16-50-52(45,46)47/h2-14,20-22,28,33H,16-19H2,1H3,(H2,45,46,47)/t22-,28-,33-,35-/m1/s1. The fourth-order valence-corrected chi connectivity index (χ4v) is 7.03. The van der Waals surface area contributed by atoms with Crippen molar-refractivity contribution < 1.29 is 55.4 Å². The van der Waals surface area contributed by atoms with E-state index < -0.39 is 71.6 Å². The van der Waals surface area contributed by atoms with Gasteiger partial charge in [0.2, 0.25) is 0 Å². The van der Waals surface area contributed by atoms with Crippen molar-refractivity contribution in [1.29, 1.82) is 5.26 Å². The molecule has 0 spiro atoms. The van der Waals surface area contributed by atoms with Gasteiger partial charge in [0.1, 0.15) is 35.9 Å². The van der Waals surface area contributed by atoms with Crippen LogP contribution < -0.4 is 0 Å². The smallest absolute Gasteiger partial charge is 0.447 e. The zero-order valence-corrected chi connectivity index (χ0v) is 29.4. The molecule has 0 aliphatic carbocycles. The molecule has 18 heteroatoms. The lowest BCUT2D eigenvalue weighted by Gasteiger charge is -2.40. The van der Waals surface area contributed by atoms with Gasteiger partial charge in [-0.05, 0) is 55.0 Å². The molecule has 1 aliphatic heterocycles. The largest absolute Gasteiger partial charge is 0.469 e. The van der Waals surface area contributed by atoms with E-state index in [4.69, 9.17) is 19.5 Å². The Morgan fingerprint density at radius 2 is 1.83 bits per heavy atom. The Hall–Kier alpha value is -4.66. The van der Waals surface area contributed by atoms with Gasteiger partial charge in [-0.1, -0.05) is 30.4 Å². The Labute approximate surface area is 304 Å². The summed E-state index contributed by atoms with van der Waals surface area (Å²) in [5.41, 5.74) is -2.38. The van der Waals surface area contributed by atoms with Crippen molar-refractivity contribution in [2.45, 2.75) is 42.5 Å². The minimum absolute atomic E-state index is 0.116. The molecule has 0 radical (unpaired) electrons. The van der Waals surface area contributed by atoms with Gasteiger partial charge in [0, 0.05) is 22.4 Å². The quantitative estimate of drug-likeness (QED) is 0.0646. The number of thioether (sulfide) groups is 1. The van der Waals surface area contributed by atoms with Crippen LogP contribution in [0.3, 0.4) is 0 Å². The monoisotopic (exact) mass is 774 g/mol. The van der Waals surface area contributed by atoms with Gasteiger partial charge in [0.15, 0.2) is 11.9 Å². The van der Waals surface area contributed by atoms with E-state index in [1.807, 2.05) is 6.07 Å². The summed E-state index contributed by atoms with van der Waals surface area (Å²) >= 11 is 1.19. The Bertz CT molecular complexity index is 2070. The molecule has 2 atom stereocenters. The number of rotatable bonds is 14. The highest BCUT2D eigenvalue weighted by Crippen LogP contribution is 2.43. The zero-order chi connectivity index (χ0) is 38.2. The average Bonchev–Trinajstić information content (AvgIpc) is 3.63. The number of phosphoric acid groups is 1. The lowest BCUT2D eigenvalue weighted by Crippen LogP contribution is -2.47. The van der Waals surface area contributed by atoms with Crippen molar-refractivity contribution in [2.24, 2.45) is 0 Å². The number of allylic oxidation sites excluding steroid dienone is 2. The van der Waals surface area contributed by atoms with E-state index in [9.17, 15) is 32.3 Å². The first-order valence-electron chi connectivity index (χ1n) is 15.7. The number of aromatic nitrogens is 3. The predicted molar refractivity (Wildman–Crippen MR) is 183 cm³/mol. The number of benzene rings is 3. The summed E-state index contributed by atoms with van der Waals surface area (Å²) in [7, 11) is -5.01. The number of esters is 1. The van der Waals surface area contributed by atoms with E-state index >= 15 is 4.39 Å². The number of nitrogens with zero attached hydrogens (tertiary/aromatic N) is 4. The maximum atomic E-state index is 15.8. The fraction of sp³-hybridized carbons (Fsp3) is 0.257. The van der Waals surface area contributed by atoms with E-state index in [1.54, 1.807) is 25.2 Å². The first-order chi connectivity index (χ1) is 25.3. The van der Waals surface area contributed by atoms with Gasteiger partial charge in [0.05, 0.1) is 48.8 Å². The van der Waals surface area contributed by atoms with Gasteiger partial charge in [-0.2, -0.15) is 10.4 Å². The highest BCUT2D eigenvalue weighted by Gasteiger charge is 2.47. The second-order valence-electron chi connectivity index (χ2n) is 11.6. The van der Waals surface area contributed by atoms with Crippen LogP contribution in [0.1, 0.15) is 39.5 Å². The topological polar surface area (TPSA) is 166 Å². The molecule has 0 amide bonds. The first kappa shape index (κ1) is 39.5. The molecule has 1 aliphatic rings. The van der Waals surface area contributed by atoms with Gasteiger partial charge in [0.25, 0.3) is 0 Å². The highest BCUT2D eigenvalue weighted by molar-refractivity contribution is 8.00. The predicted octanol–water partition coefficient (Wildman–Crippen LogP) is 6.20. The van der Waals surface area contributed by atoms with Gasteiger partial charge in [-0.25, -0.2) is 36.6 Å². The van der Waals surface area contributed by atoms with Crippen LogP contribution in [0.4, 0.5) is 17.6 Å². The normalized spacial score (nSPS) is 18.2. The average molecular weight is 775 g/mol. The molecular formula is C35H31F4N4O8PS. The van der Waals surface area contributed by atoms with Crippen molar-refractivity contribution in [3.05, 3.63) is 137 Å². The number of nitriles is 1. The van der Waals surface area contributed by atoms with Crippen LogP contribution in [0.2, 0.25) is 0 Å². The zero-order valence-electron chi connectivity index (χ0n) is 27.7. The Balaban J connectivity index is 1.39. The third-order valence-corrected chi connectivity index (χ3v) is 9.85. The van der Waals surface area contributed by atoms with E-state index in [0.29, 0.717) is 6.07 Å². The van der Waals surface area contributed by atoms with Gasteiger partial charge in [-0.3, -0.25) is 4.52 Å². The first-order valence-corrected chi connectivity index (χ1v) is 18.2. The lowest BCUT2D eigenvalue weighted by molar-refractivity contribution is -0.146.